The van der Waals surface area contributed by atoms with Crippen LogP contribution in [-0.4, -0.2) is 29.3 Å². The van der Waals surface area contributed by atoms with Gasteiger partial charge in [-0.15, -0.1) is 0 Å². The van der Waals surface area contributed by atoms with Crippen LogP contribution in [0, 0.1) is 5.41 Å². The molecule has 2 heterocycles. The largest absolute Gasteiger partial charge is 0.372 e. The fourth-order valence-corrected chi connectivity index (χ4v) is 2.64. The Morgan fingerprint density at radius 2 is 1.95 bits per heavy atom. The molecule has 0 spiro atoms. The molecule has 2 N–H and O–H groups in total. The number of hydrogen-bond acceptors (Lipinski definition) is 4. The summed E-state index contributed by atoms with van der Waals surface area (Å²) in [6, 6.07) is 8.20. The second kappa shape index (κ2) is 5.91. The molecule has 0 amide bonds. The predicted molar refractivity (Wildman–Crippen MR) is 84.2 cm³/mol. The summed E-state index contributed by atoms with van der Waals surface area (Å²) >= 11 is 0. The number of anilines is 1. The van der Waals surface area contributed by atoms with Crippen LogP contribution >= 0.6 is 0 Å². The van der Waals surface area contributed by atoms with Crippen molar-refractivity contribution < 1.29 is 0 Å². The fraction of sp³-hybridized carbons (Fsp3) is 0.312. The fourth-order valence-electron chi connectivity index (χ4n) is 2.64. The Balaban J connectivity index is 1.85. The maximum atomic E-state index is 11.8. The summed E-state index contributed by atoms with van der Waals surface area (Å²) in [4.78, 5) is 21.2. The van der Waals surface area contributed by atoms with Crippen molar-refractivity contribution in [2.75, 3.05) is 18.0 Å². The maximum absolute atomic E-state index is 11.8. The van der Waals surface area contributed by atoms with Gasteiger partial charge < -0.3 is 15.3 Å². The van der Waals surface area contributed by atoms with Gasteiger partial charge in [0.1, 0.15) is 5.69 Å². The van der Waals surface area contributed by atoms with Gasteiger partial charge in [-0.1, -0.05) is 12.1 Å². The van der Waals surface area contributed by atoms with E-state index in [1.807, 2.05) is 12.1 Å². The highest BCUT2D eigenvalue weighted by Gasteiger charge is 2.12. The van der Waals surface area contributed by atoms with Crippen LogP contribution in [0.4, 0.5) is 5.69 Å². The van der Waals surface area contributed by atoms with Crippen LogP contribution in [-0.2, 0) is 6.42 Å². The van der Waals surface area contributed by atoms with Crippen molar-refractivity contribution >= 4 is 11.9 Å². The number of H-pyrrole nitrogens is 1. The number of nitrogens with one attached hydrogen (secondary N) is 2. The quantitative estimate of drug-likeness (QED) is 0.845. The van der Waals surface area contributed by atoms with E-state index in [9.17, 15) is 4.79 Å². The lowest BCUT2D eigenvalue weighted by atomic mass is 10.1. The van der Waals surface area contributed by atoms with Crippen LogP contribution < -0.4 is 10.5 Å². The van der Waals surface area contributed by atoms with Gasteiger partial charge in [-0.2, -0.15) is 0 Å². The Morgan fingerprint density at radius 3 is 2.57 bits per heavy atom. The van der Waals surface area contributed by atoms with Gasteiger partial charge in [0.05, 0.1) is 11.9 Å². The normalized spacial score (nSPS) is 14.4. The Hall–Kier alpha value is -2.43. The van der Waals surface area contributed by atoms with Crippen LogP contribution in [0.25, 0.3) is 11.3 Å². The standard InChI is InChI=1S/C16H18N4O/c17-8-7-14-16(21)19-15(11-18-14)12-3-5-13(6-4-12)20-9-1-2-10-20/h3-6,8,11,17H,1-2,7,9-10H2,(H,19,21). The lowest BCUT2D eigenvalue weighted by Crippen LogP contribution is -2.17. The van der Waals surface area contributed by atoms with E-state index in [1.165, 1.54) is 24.7 Å². The monoisotopic (exact) mass is 282 g/mol. The van der Waals surface area contributed by atoms with E-state index in [2.05, 4.69) is 27.0 Å². The van der Waals surface area contributed by atoms with Crippen molar-refractivity contribution in [2.45, 2.75) is 19.3 Å². The summed E-state index contributed by atoms with van der Waals surface area (Å²) in [5.41, 5.74) is 3.04. The van der Waals surface area contributed by atoms with Crippen LogP contribution in [0.1, 0.15) is 18.5 Å². The van der Waals surface area contributed by atoms with Crippen LogP contribution in [0.5, 0.6) is 0 Å². The average molecular weight is 282 g/mol. The summed E-state index contributed by atoms with van der Waals surface area (Å²) in [6.07, 6.45) is 5.62. The minimum atomic E-state index is -0.223. The summed E-state index contributed by atoms with van der Waals surface area (Å²) in [6.45, 7) is 2.24. The first-order valence-electron chi connectivity index (χ1n) is 7.20. The molecule has 1 aromatic carbocycles. The first-order valence-corrected chi connectivity index (χ1v) is 7.20. The number of hydrogen-bond donors (Lipinski definition) is 2. The Labute approximate surface area is 123 Å². The molecule has 0 bridgehead atoms. The van der Waals surface area contributed by atoms with E-state index in [0.717, 1.165) is 18.7 Å². The van der Waals surface area contributed by atoms with Gasteiger partial charge in [-0.3, -0.25) is 9.78 Å². The highest BCUT2D eigenvalue weighted by atomic mass is 16.1. The molecule has 1 saturated heterocycles. The van der Waals surface area contributed by atoms with Gasteiger partial charge in [0.15, 0.2) is 0 Å². The molecule has 21 heavy (non-hydrogen) atoms. The third-order valence-electron chi connectivity index (χ3n) is 3.80. The molecule has 5 heteroatoms. The molecule has 1 aliphatic heterocycles. The molecule has 108 valence electrons. The summed E-state index contributed by atoms with van der Waals surface area (Å²) in [5.74, 6) is 0. The zero-order chi connectivity index (χ0) is 14.7. The van der Waals surface area contributed by atoms with E-state index in [0.29, 0.717) is 11.4 Å². The molecule has 1 aromatic heterocycles. The summed E-state index contributed by atoms with van der Waals surface area (Å²) in [7, 11) is 0. The predicted octanol–water partition coefficient (Wildman–Crippen LogP) is 2.23. The zero-order valence-corrected chi connectivity index (χ0v) is 11.8. The van der Waals surface area contributed by atoms with E-state index in [-0.39, 0.29) is 12.0 Å². The number of nitrogens with zero attached hydrogens (tertiary/aromatic N) is 2. The number of aromatic nitrogens is 2. The van der Waals surface area contributed by atoms with E-state index in [1.54, 1.807) is 6.20 Å². The van der Waals surface area contributed by atoms with Gasteiger partial charge in [0, 0.05) is 31.4 Å². The van der Waals surface area contributed by atoms with Crippen molar-refractivity contribution in [3.63, 3.8) is 0 Å². The molecule has 3 rings (SSSR count). The van der Waals surface area contributed by atoms with E-state index < -0.39 is 0 Å². The Bertz CT molecular complexity index is 684. The number of rotatable bonds is 4. The average Bonchev–Trinajstić information content (AvgIpc) is 3.04. The van der Waals surface area contributed by atoms with Crippen LogP contribution in [0.15, 0.2) is 35.3 Å². The molecule has 0 aliphatic carbocycles. The van der Waals surface area contributed by atoms with E-state index >= 15 is 0 Å². The molecule has 0 radical (unpaired) electrons. The second-order valence-corrected chi connectivity index (χ2v) is 5.22. The highest BCUT2D eigenvalue weighted by molar-refractivity contribution is 5.63. The Kier molecular flexibility index (Phi) is 3.81. The third-order valence-corrected chi connectivity index (χ3v) is 3.80. The summed E-state index contributed by atoms with van der Waals surface area (Å²) in [5, 5.41) is 7.04. The highest BCUT2D eigenvalue weighted by Crippen LogP contribution is 2.23. The minimum absolute atomic E-state index is 0.223. The number of benzene rings is 1. The van der Waals surface area contributed by atoms with Crippen LogP contribution in [0.3, 0.4) is 0 Å². The molecular weight excluding hydrogens is 264 g/mol. The van der Waals surface area contributed by atoms with Crippen molar-refractivity contribution in [3.05, 3.63) is 46.5 Å². The molecule has 2 aromatic rings. The molecule has 0 unspecified atom stereocenters. The maximum Gasteiger partial charge on any atom is 0.270 e. The Morgan fingerprint density at radius 1 is 1.24 bits per heavy atom. The van der Waals surface area contributed by atoms with Gasteiger partial charge in [0.25, 0.3) is 5.56 Å². The van der Waals surface area contributed by atoms with Gasteiger partial charge >= 0.3 is 0 Å². The first kappa shape index (κ1) is 13.5. The topological polar surface area (TPSA) is 72.8 Å². The molecule has 0 atom stereocenters. The van der Waals surface area contributed by atoms with Crippen molar-refractivity contribution in [1.29, 1.82) is 5.41 Å². The van der Waals surface area contributed by atoms with Gasteiger partial charge in [-0.25, -0.2) is 0 Å². The summed E-state index contributed by atoms with van der Waals surface area (Å²) < 4.78 is 0. The van der Waals surface area contributed by atoms with E-state index in [4.69, 9.17) is 5.41 Å². The molecule has 0 saturated carbocycles. The zero-order valence-electron chi connectivity index (χ0n) is 11.8. The first-order chi connectivity index (χ1) is 10.3. The smallest absolute Gasteiger partial charge is 0.270 e. The third kappa shape index (κ3) is 2.86. The molecule has 1 fully saturated rings. The minimum Gasteiger partial charge on any atom is -0.372 e. The van der Waals surface area contributed by atoms with Crippen molar-refractivity contribution in [2.24, 2.45) is 0 Å². The molecular formula is C16H18N4O. The lowest BCUT2D eigenvalue weighted by molar-refractivity contribution is 0.949. The lowest BCUT2D eigenvalue weighted by Gasteiger charge is -2.17. The molecule has 5 nitrogen and oxygen atoms in total. The van der Waals surface area contributed by atoms with Crippen molar-refractivity contribution in [3.8, 4) is 11.3 Å². The second-order valence-electron chi connectivity index (χ2n) is 5.22. The SMILES string of the molecule is N=CCc1ncc(-c2ccc(N3CCCC3)cc2)[nH]c1=O. The number of aromatic amines is 1. The van der Waals surface area contributed by atoms with Crippen molar-refractivity contribution in [1.82, 2.24) is 9.97 Å². The van der Waals surface area contributed by atoms with Gasteiger partial charge in [0.2, 0.25) is 0 Å². The van der Waals surface area contributed by atoms with Gasteiger partial charge in [-0.05, 0) is 30.5 Å². The molecule has 1 aliphatic rings. The van der Waals surface area contributed by atoms with Crippen LogP contribution in [0.2, 0.25) is 0 Å².